The lowest BCUT2D eigenvalue weighted by molar-refractivity contribution is -0.670. The standard InChI is InChI=1S/C5H9N2.H4O7P2/c1-6-3-4-7(2)5-6;1-8(2,3)7-9(4,5)6/h3-5H,1-2H3;(H2,1,2,3)(H2,4,5,6)/q+1;. The normalized spacial score (nSPS) is 11.9. The van der Waals surface area contributed by atoms with Crippen LogP contribution in [0.3, 0.4) is 0 Å². The third-order valence-corrected chi connectivity index (χ3v) is 2.82. The van der Waals surface area contributed by atoms with E-state index < -0.39 is 15.6 Å². The van der Waals surface area contributed by atoms with Crippen molar-refractivity contribution in [2.75, 3.05) is 0 Å². The number of imidazole rings is 1. The minimum atomic E-state index is -5.05. The highest BCUT2D eigenvalue weighted by Gasteiger charge is 2.27. The first kappa shape index (κ1) is 15.5. The number of hydrogen-bond donors (Lipinski definition) is 4. The molecule has 1 heterocycles. The number of aromatic nitrogens is 2. The predicted octanol–water partition coefficient (Wildman–Crippen LogP) is -0.962. The zero-order chi connectivity index (χ0) is 13.0. The van der Waals surface area contributed by atoms with Crippen molar-refractivity contribution in [1.29, 1.82) is 0 Å². The van der Waals surface area contributed by atoms with Crippen molar-refractivity contribution in [3.8, 4) is 0 Å². The monoisotopic (exact) mass is 275 g/mol. The van der Waals surface area contributed by atoms with E-state index in [1.807, 2.05) is 42.0 Å². The molecule has 16 heavy (non-hydrogen) atoms. The molecule has 0 bridgehead atoms. The molecule has 0 radical (unpaired) electrons. The fourth-order valence-electron chi connectivity index (χ4n) is 0.713. The van der Waals surface area contributed by atoms with Crippen molar-refractivity contribution >= 4 is 15.6 Å². The van der Waals surface area contributed by atoms with Crippen LogP contribution >= 0.6 is 15.6 Å². The molecule has 0 saturated heterocycles. The predicted molar refractivity (Wildman–Crippen MR) is 51.8 cm³/mol. The van der Waals surface area contributed by atoms with Crippen molar-refractivity contribution in [2.24, 2.45) is 14.1 Å². The summed E-state index contributed by atoms with van der Waals surface area (Å²) in [5, 5.41) is 0. The fourth-order valence-corrected chi connectivity index (χ4v) is 1.82. The number of hydrogen-bond acceptors (Lipinski definition) is 3. The molecule has 1 rings (SSSR count). The Hall–Kier alpha value is -0.530. The van der Waals surface area contributed by atoms with Gasteiger partial charge in [-0.15, -0.1) is 0 Å². The van der Waals surface area contributed by atoms with E-state index in [0.717, 1.165) is 0 Å². The van der Waals surface area contributed by atoms with Gasteiger partial charge in [0, 0.05) is 0 Å². The Kier molecular flexibility index (Phi) is 5.51. The van der Waals surface area contributed by atoms with E-state index in [-0.39, 0.29) is 0 Å². The van der Waals surface area contributed by atoms with Gasteiger partial charge in [0.1, 0.15) is 12.4 Å². The van der Waals surface area contributed by atoms with Crippen LogP contribution in [0.25, 0.3) is 0 Å². The summed E-state index contributed by atoms with van der Waals surface area (Å²) in [4.78, 5) is 31.0. The second-order valence-electron chi connectivity index (χ2n) is 2.81. The van der Waals surface area contributed by atoms with E-state index in [1.165, 1.54) is 0 Å². The molecule has 0 aromatic carbocycles. The van der Waals surface area contributed by atoms with Gasteiger partial charge >= 0.3 is 15.6 Å². The molecule has 0 unspecified atom stereocenters. The highest BCUT2D eigenvalue weighted by atomic mass is 31.3. The van der Waals surface area contributed by atoms with Crippen LogP contribution in [0.15, 0.2) is 18.7 Å². The molecule has 0 aliphatic rings. The summed E-state index contributed by atoms with van der Waals surface area (Å²) in [6.07, 6.45) is 6.00. The smallest absolute Gasteiger partial charge is 0.302 e. The van der Waals surface area contributed by atoms with Crippen molar-refractivity contribution in [2.45, 2.75) is 0 Å². The van der Waals surface area contributed by atoms with Crippen LogP contribution < -0.4 is 4.57 Å². The van der Waals surface area contributed by atoms with Crippen molar-refractivity contribution < 1.29 is 37.6 Å². The summed E-state index contributed by atoms with van der Waals surface area (Å²) in [7, 11) is -6.10. The molecule has 1 aromatic rings. The minimum Gasteiger partial charge on any atom is -0.302 e. The third-order valence-electron chi connectivity index (χ3n) is 1.11. The van der Waals surface area contributed by atoms with Gasteiger partial charge in [-0.05, 0) is 0 Å². The van der Waals surface area contributed by atoms with Gasteiger partial charge in [0.2, 0.25) is 6.33 Å². The Morgan fingerprint density at radius 1 is 1.19 bits per heavy atom. The number of nitrogens with zero attached hydrogens (tertiary/aromatic N) is 2. The van der Waals surface area contributed by atoms with E-state index >= 15 is 0 Å². The lowest BCUT2D eigenvalue weighted by Crippen LogP contribution is -2.23. The minimum absolute atomic E-state index is 2.00. The molecule has 0 atom stereocenters. The summed E-state index contributed by atoms with van der Waals surface area (Å²) < 4.78 is 26.2. The molecule has 1 aromatic heterocycles. The first-order valence-corrected chi connectivity index (χ1v) is 6.85. The molecule has 0 aliphatic heterocycles. The van der Waals surface area contributed by atoms with E-state index in [2.05, 4.69) is 4.31 Å². The van der Waals surface area contributed by atoms with Gasteiger partial charge in [0.25, 0.3) is 0 Å². The van der Waals surface area contributed by atoms with Crippen molar-refractivity contribution in [1.82, 2.24) is 4.57 Å². The largest absolute Gasteiger partial charge is 0.478 e. The van der Waals surface area contributed by atoms with Crippen LogP contribution in [0.5, 0.6) is 0 Å². The Morgan fingerprint density at radius 3 is 1.69 bits per heavy atom. The maximum Gasteiger partial charge on any atom is 0.478 e. The highest BCUT2D eigenvalue weighted by molar-refractivity contribution is 7.60. The molecule has 0 saturated carbocycles. The molecule has 0 spiro atoms. The summed E-state index contributed by atoms with van der Waals surface area (Å²) in [6, 6.07) is 0. The zero-order valence-corrected chi connectivity index (χ0v) is 10.3. The van der Waals surface area contributed by atoms with Gasteiger partial charge in [-0.2, -0.15) is 4.31 Å². The number of rotatable bonds is 2. The van der Waals surface area contributed by atoms with Gasteiger partial charge in [-0.1, -0.05) is 0 Å². The molecule has 0 amide bonds. The lowest BCUT2D eigenvalue weighted by Gasteiger charge is -2.03. The summed E-state index contributed by atoms with van der Waals surface area (Å²) in [5.74, 6) is 0. The molecule has 0 fully saturated rings. The molecule has 11 heteroatoms. The quantitative estimate of drug-likeness (QED) is 0.403. The van der Waals surface area contributed by atoms with E-state index in [0.29, 0.717) is 0 Å². The van der Waals surface area contributed by atoms with Crippen LogP contribution in [0.4, 0.5) is 0 Å². The lowest BCUT2D eigenvalue weighted by atomic mass is 10.9. The summed E-state index contributed by atoms with van der Waals surface area (Å²) in [6.45, 7) is 0. The van der Waals surface area contributed by atoms with Crippen molar-refractivity contribution in [3.05, 3.63) is 18.7 Å². The fraction of sp³-hybridized carbons (Fsp3) is 0.400. The Balaban J connectivity index is 0.000000288. The van der Waals surface area contributed by atoms with Crippen LogP contribution in [0.2, 0.25) is 0 Å². The molecule has 9 nitrogen and oxygen atoms in total. The van der Waals surface area contributed by atoms with Crippen molar-refractivity contribution in [3.63, 3.8) is 0 Å². The second-order valence-corrected chi connectivity index (χ2v) is 5.42. The van der Waals surface area contributed by atoms with Gasteiger partial charge in [-0.25, -0.2) is 18.3 Å². The Labute approximate surface area is 91.4 Å². The van der Waals surface area contributed by atoms with Crippen LogP contribution in [-0.2, 0) is 27.5 Å². The molecule has 94 valence electrons. The molecular weight excluding hydrogens is 262 g/mol. The van der Waals surface area contributed by atoms with Crippen LogP contribution in [0, 0.1) is 0 Å². The first-order valence-electron chi connectivity index (χ1n) is 3.79. The van der Waals surface area contributed by atoms with Gasteiger partial charge < -0.3 is 19.6 Å². The molecule has 0 aliphatic carbocycles. The topological polar surface area (TPSA) is 133 Å². The van der Waals surface area contributed by atoms with Gasteiger partial charge in [0.05, 0.1) is 14.1 Å². The second kappa shape index (κ2) is 5.70. The highest BCUT2D eigenvalue weighted by Crippen LogP contribution is 2.53. The van der Waals surface area contributed by atoms with Gasteiger partial charge in [-0.3, -0.25) is 0 Å². The van der Waals surface area contributed by atoms with E-state index in [1.54, 1.807) is 0 Å². The summed E-state index contributed by atoms with van der Waals surface area (Å²) in [5.41, 5.74) is 0. The maximum absolute atomic E-state index is 9.63. The SMILES string of the molecule is Cn1cc[n+](C)c1.O=P(O)(O)OP(=O)(O)O. The molecule has 4 N–H and O–H groups in total. The summed E-state index contributed by atoms with van der Waals surface area (Å²) >= 11 is 0. The van der Waals surface area contributed by atoms with Crippen LogP contribution in [-0.4, -0.2) is 24.1 Å². The Morgan fingerprint density at radius 2 is 1.62 bits per heavy atom. The first-order chi connectivity index (χ1) is 6.99. The number of phosphoric acid groups is 2. The Bertz CT molecular complexity index is 382. The van der Waals surface area contributed by atoms with Gasteiger partial charge in [0.15, 0.2) is 0 Å². The third kappa shape index (κ3) is 10.0. The maximum atomic E-state index is 9.63. The average molecular weight is 275 g/mol. The molecular formula is C5H13N2O7P2+. The van der Waals surface area contributed by atoms with E-state index in [4.69, 9.17) is 19.6 Å². The zero-order valence-electron chi connectivity index (χ0n) is 8.53. The number of aryl methyl sites for hydroxylation is 2. The van der Waals surface area contributed by atoms with Crippen LogP contribution in [0.1, 0.15) is 0 Å². The van der Waals surface area contributed by atoms with E-state index in [9.17, 15) is 9.13 Å². The average Bonchev–Trinajstić information content (AvgIpc) is 2.26.